The molecule has 0 spiro atoms. The van der Waals surface area contributed by atoms with Crippen molar-refractivity contribution in [2.24, 2.45) is 0 Å². The second kappa shape index (κ2) is 11.6. The van der Waals surface area contributed by atoms with Crippen molar-refractivity contribution < 1.29 is 18.7 Å². The van der Waals surface area contributed by atoms with Crippen LogP contribution < -0.4 is 15.5 Å². The van der Waals surface area contributed by atoms with E-state index in [9.17, 15) is 14.0 Å². The number of rotatable bonds is 8. The monoisotopic (exact) mass is 476 g/mol. The van der Waals surface area contributed by atoms with Crippen molar-refractivity contribution in [3.05, 3.63) is 89.7 Å². The van der Waals surface area contributed by atoms with Crippen LogP contribution in [0.4, 0.5) is 21.5 Å². The summed E-state index contributed by atoms with van der Waals surface area (Å²) in [4.78, 5) is 29.8. The summed E-state index contributed by atoms with van der Waals surface area (Å²) in [5.74, 6) is -0.994. The molecular formula is C27H29FN4O3. The van der Waals surface area contributed by atoms with E-state index in [1.807, 2.05) is 24.1 Å². The molecule has 0 bridgehead atoms. The fourth-order valence-electron chi connectivity index (χ4n) is 4.06. The number of ether oxygens (including phenoxy) is 1. The van der Waals surface area contributed by atoms with E-state index in [-0.39, 0.29) is 24.2 Å². The first-order valence-corrected chi connectivity index (χ1v) is 11.5. The molecule has 1 heterocycles. The lowest BCUT2D eigenvalue weighted by Gasteiger charge is -2.31. The predicted octanol–water partition coefficient (Wildman–Crippen LogP) is 3.99. The van der Waals surface area contributed by atoms with E-state index in [1.54, 1.807) is 24.3 Å². The van der Waals surface area contributed by atoms with Crippen LogP contribution in [0.25, 0.3) is 0 Å². The highest BCUT2D eigenvalue weighted by Crippen LogP contribution is 2.23. The van der Waals surface area contributed by atoms with Gasteiger partial charge >= 0.3 is 0 Å². The second-order valence-electron chi connectivity index (χ2n) is 8.46. The largest absolute Gasteiger partial charge is 0.378 e. The molecule has 2 N–H and O–H groups in total. The molecule has 0 saturated carbocycles. The van der Waals surface area contributed by atoms with E-state index in [4.69, 9.17) is 4.74 Å². The van der Waals surface area contributed by atoms with Crippen molar-refractivity contribution in [3.63, 3.8) is 0 Å². The van der Waals surface area contributed by atoms with E-state index in [0.29, 0.717) is 36.7 Å². The Morgan fingerprint density at radius 3 is 2.40 bits per heavy atom. The first-order chi connectivity index (χ1) is 17.0. The average Bonchev–Trinajstić information content (AvgIpc) is 2.86. The molecule has 3 aromatic carbocycles. The van der Waals surface area contributed by atoms with Crippen molar-refractivity contribution in [3.8, 4) is 0 Å². The number of carbonyl (C=O) groups excluding carboxylic acids is 2. The molecule has 7 nitrogen and oxygen atoms in total. The van der Waals surface area contributed by atoms with Gasteiger partial charge in [0.1, 0.15) is 5.82 Å². The number of benzene rings is 3. The molecule has 1 aliphatic heterocycles. The highest BCUT2D eigenvalue weighted by molar-refractivity contribution is 6.10. The first-order valence-electron chi connectivity index (χ1n) is 11.5. The van der Waals surface area contributed by atoms with Gasteiger partial charge < -0.3 is 20.3 Å². The van der Waals surface area contributed by atoms with E-state index >= 15 is 0 Å². The van der Waals surface area contributed by atoms with E-state index in [1.165, 1.54) is 24.3 Å². The Labute approximate surface area is 204 Å². The Hall–Kier alpha value is -3.75. The summed E-state index contributed by atoms with van der Waals surface area (Å²) in [6.07, 6.45) is 0. The molecule has 0 aliphatic carbocycles. The molecule has 1 fully saturated rings. The number of nitrogens with zero attached hydrogens (tertiary/aromatic N) is 2. The van der Waals surface area contributed by atoms with Crippen molar-refractivity contribution in [1.29, 1.82) is 0 Å². The number of amides is 2. The Morgan fingerprint density at radius 1 is 0.943 bits per heavy atom. The van der Waals surface area contributed by atoms with Crippen LogP contribution >= 0.6 is 0 Å². The number of likely N-dealkylation sites (N-methyl/N-ethyl adjacent to an activating group) is 1. The topological polar surface area (TPSA) is 73.9 Å². The summed E-state index contributed by atoms with van der Waals surface area (Å²) in [5.41, 5.74) is 3.51. The van der Waals surface area contributed by atoms with Gasteiger partial charge in [-0.05, 0) is 55.1 Å². The third-order valence-corrected chi connectivity index (χ3v) is 5.75. The number of para-hydroxylation sites is 2. The molecule has 0 unspecified atom stereocenters. The smallest absolute Gasteiger partial charge is 0.257 e. The van der Waals surface area contributed by atoms with Gasteiger partial charge in [-0.15, -0.1) is 0 Å². The number of halogens is 1. The van der Waals surface area contributed by atoms with Gasteiger partial charge in [0.15, 0.2) is 0 Å². The highest BCUT2D eigenvalue weighted by Gasteiger charge is 2.17. The van der Waals surface area contributed by atoms with Gasteiger partial charge in [0, 0.05) is 31.0 Å². The number of carbonyl (C=O) groups is 2. The van der Waals surface area contributed by atoms with Crippen LogP contribution in [-0.2, 0) is 16.1 Å². The minimum Gasteiger partial charge on any atom is -0.378 e. The molecule has 1 saturated heterocycles. The second-order valence-corrected chi connectivity index (χ2v) is 8.46. The molecule has 35 heavy (non-hydrogen) atoms. The van der Waals surface area contributed by atoms with Crippen LogP contribution in [0.1, 0.15) is 15.9 Å². The number of hydrogen-bond acceptors (Lipinski definition) is 5. The lowest BCUT2D eigenvalue weighted by atomic mass is 10.1. The Balaban J connectivity index is 1.38. The van der Waals surface area contributed by atoms with Crippen LogP contribution in [0.2, 0.25) is 0 Å². The van der Waals surface area contributed by atoms with Gasteiger partial charge in [0.05, 0.1) is 31.0 Å². The molecular weight excluding hydrogens is 447 g/mol. The SMILES string of the molecule is CN(CC(=O)Nc1ccccc1C(=O)Nc1ccc(F)cc1)Cc1ccccc1N1CCOCC1. The molecule has 8 heteroatoms. The quantitative estimate of drug-likeness (QED) is 0.515. The van der Waals surface area contributed by atoms with Crippen molar-refractivity contribution in [1.82, 2.24) is 4.90 Å². The molecule has 3 aromatic rings. The minimum atomic E-state index is -0.389. The van der Waals surface area contributed by atoms with Crippen LogP contribution in [0, 0.1) is 5.82 Å². The standard InChI is InChI=1S/C27H29FN4O3/c1-31(18-20-6-2-5-9-25(20)32-14-16-35-17-15-32)19-26(33)30-24-8-4-3-7-23(24)27(34)29-22-12-10-21(28)11-13-22/h2-13H,14-19H2,1H3,(H,29,34)(H,30,33). The molecule has 0 aromatic heterocycles. The summed E-state index contributed by atoms with van der Waals surface area (Å²) in [6, 6.07) is 20.5. The van der Waals surface area contributed by atoms with Gasteiger partial charge in [-0.3, -0.25) is 14.5 Å². The van der Waals surface area contributed by atoms with E-state index < -0.39 is 0 Å². The van der Waals surface area contributed by atoms with Gasteiger partial charge in [-0.25, -0.2) is 4.39 Å². The van der Waals surface area contributed by atoms with Crippen LogP contribution in [-0.4, -0.2) is 56.6 Å². The Kier molecular flexibility index (Phi) is 8.07. The summed E-state index contributed by atoms with van der Waals surface area (Å²) in [7, 11) is 1.89. The highest BCUT2D eigenvalue weighted by atomic mass is 19.1. The van der Waals surface area contributed by atoms with Crippen LogP contribution in [0.15, 0.2) is 72.8 Å². The lowest BCUT2D eigenvalue weighted by Crippen LogP contribution is -2.37. The maximum Gasteiger partial charge on any atom is 0.257 e. The maximum absolute atomic E-state index is 13.1. The van der Waals surface area contributed by atoms with Crippen molar-refractivity contribution in [2.75, 3.05) is 55.4 Å². The summed E-state index contributed by atoms with van der Waals surface area (Å²) < 4.78 is 18.6. The van der Waals surface area contributed by atoms with Crippen LogP contribution in [0.3, 0.4) is 0 Å². The summed E-state index contributed by atoms with van der Waals surface area (Å²) >= 11 is 0. The zero-order valence-corrected chi connectivity index (χ0v) is 19.7. The third-order valence-electron chi connectivity index (χ3n) is 5.75. The third kappa shape index (κ3) is 6.65. The zero-order chi connectivity index (χ0) is 24.6. The fourth-order valence-corrected chi connectivity index (χ4v) is 4.06. The zero-order valence-electron chi connectivity index (χ0n) is 19.7. The Bertz CT molecular complexity index is 1160. The molecule has 0 atom stereocenters. The first kappa shape index (κ1) is 24.4. The van der Waals surface area contributed by atoms with E-state index in [2.05, 4.69) is 27.7 Å². The number of anilines is 3. The van der Waals surface area contributed by atoms with Gasteiger partial charge in [-0.2, -0.15) is 0 Å². The minimum absolute atomic E-state index is 0.158. The molecule has 182 valence electrons. The molecule has 1 aliphatic rings. The normalized spacial score (nSPS) is 13.5. The number of morpholine rings is 1. The molecule has 4 rings (SSSR count). The predicted molar refractivity (Wildman–Crippen MR) is 135 cm³/mol. The molecule has 0 radical (unpaired) electrons. The van der Waals surface area contributed by atoms with Gasteiger partial charge in [0.2, 0.25) is 5.91 Å². The van der Waals surface area contributed by atoms with Gasteiger partial charge in [-0.1, -0.05) is 30.3 Å². The average molecular weight is 477 g/mol. The lowest BCUT2D eigenvalue weighted by molar-refractivity contribution is -0.117. The number of nitrogens with one attached hydrogen (secondary N) is 2. The van der Waals surface area contributed by atoms with Gasteiger partial charge in [0.25, 0.3) is 5.91 Å². The summed E-state index contributed by atoms with van der Waals surface area (Å²) in [5, 5.41) is 5.58. The van der Waals surface area contributed by atoms with E-state index in [0.717, 1.165) is 24.3 Å². The van der Waals surface area contributed by atoms with Crippen molar-refractivity contribution in [2.45, 2.75) is 6.54 Å². The van der Waals surface area contributed by atoms with Crippen LogP contribution in [0.5, 0.6) is 0 Å². The molecule has 2 amide bonds. The van der Waals surface area contributed by atoms with Crippen molar-refractivity contribution >= 4 is 28.9 Å². The summed E-state index contributed by atoms with van der Waals surface area (Å²) in [6.45, 7) is 3.87. The number of hydrogen-bond donors (Lipinski definition) is 2. The Morgan fingerprint density at radius 2 is 1.63 bits per heavy atom. The maximum atomic E-state index is 13.1. The fraction of sp³-hybridized carbons (Fsp3) is 0.259.